The summed E-state index contributed by atoms with van der Waals surface area (Å²) in [6.45, 7) is 13.7. The van der Waals surface area contributed by atoms with Crippen LogP contribution in [0.5, 0.6) is 0 Å². The predicted molar refractivity (Wildman–Crippen MR) is 92.8 cm³/mol. The molecule has 0 spiro atoms. The van der Waals surface area contributed by atoms with Crippen molar-refractivity contribution in [2.75, 3.05) is 59.2 Å². The van der Waals surface area contributed by atoms with Crippen molar-refractivity contribution in [3.63, 3.8) is 0 Å². The van der Waals surface area contributed by atoms with Crippen LogP contribution >= 0.6 is 20.3 Å². The maximum atomic E-state index is 13.0. The van der Waals surface area contributed by atoms with Crippen molar-refractivity contribution in [1.29, 1.82) is 0 Å². The Hall–Kier alpha value is 0.380. The van der Waals surface area contributed by atoms with Gasteiger partial charge in [-0.15, -0.1) is 0 Å². The van der Waals surface area contributed by atoms with Crippen molar-refractivity contribution in [2.24, 2.45) is 0 Å². The predicted octanol–water partition coefficient (Wildman–Crippen LogP) is 2.51. The number of hydrogen-bond donors (Lipinski definition) is 1. The van der Waals surface area contributed by atoms with Gasteiger partial charge in [0.2, 0.25) is 0 Å². The quantitative estimate of drug-likeness (QED) is 0.618. The Labute approximate surface area is 140 Å². The lowest BCUT2D eigenvalue weighted by molar-refractivity contribution is 0.0383. The molecule has 132 valence electrons. The van der Waals surface area contributed by atoms with Crippen molar-refractivity contribution in [2.45, 2.75) is 32.4 Å². The van der Waals surface area contributed by atoms with E-state index in [1.165, 1.54) is 0 Å². The van der Waals surface area contributed by atoms with Crippen LogP contribution in [0.2, 0.25) is 0 Å². The zero-order valence-corrected chi connectivity index (χ0v) is 16.1. The Kier molecular flexibility index (Phi) is 8.93. The maximum Gasteiger partial charge on any atom is 0.346 e. The van der Waals surface area contributed by atoms with Crippen LogP contribution in [0.3, 0.4) is 0 Å². The molecule has 2 aliphatic rings. The Bertz CT molecular complexity index is 325. The number of rotatable bonds is 4. The highest BCUT2D eigenvalue weighted by atomic mass is 32.1. The van der Waals surface area contributed by atoms with Crippen LogP contribution in [-0.4, -0.2) is 73.3 Å². The minimum atomic E-state index is -2.86. The van der Waals surface area contributed by atoms with Crippen molar-refractivity contribution in [3.05, 3.63) is 0 Å². The van der Waals surface area contributed by atoms with Crippen LogP contribution in [-0.2, 0) is 18.6 Å². The minimum Gasteiger partial charge on any atom is -0.379 e. The molecule has 0 bridgehead atoms. The van der Waals surface area contributed by atoms with Gasteiger partial charge in [0.1, 0.15) is 0 Å². The van der Waals surface area contributed by atoms with Crippen molar-refractivity contribution in [3.8, 4) is 0 Å². The van der Waals surface area contributed by atoms with Crippen LogP contribution in [0.25, 0.3) is 0 Å². The lowest BCUT2D eigenvalue weighted by Crippen LogP contribution is -2.43. The van der Waals surface area contributed by atoms with Crippen LogP contribution in [0.1, 0.15) is 27.7 Å². The molecule has 0 aromatic carbocycles. The molecule has 0 amide bonds. The first kappa shape index (κ1) is 20.4. The van der Waals surface area contributed by atoms with Gasteiger partial charge in [0.25, 0.3) is 0 Å². The van der Waals surface area contributed by atoms with Gasteiger partial charge in [0.15, 0.2) is 0 Å². The second kappa shape index (κ2) is 9.62. The number of nitrogens with zero attached hydrogens (tertiary/aromatic N) is 2. The second-order valence-electron chi connectivity index (χ2n) is 6.21. The topological polar surface area (TPSA) is 51.2 Å². The van der Waals surface area contributed by atoms with Gasteiger partial charge in [-0.25, -0.2) is 9.34 Å². The molecular weight excluding hydrogens is 323 g/mol. The molecule has 0 aromatic rings. The summed E-state index contributed by atoms with van der Waals surface area (Å²) in [5, 5.41) is 0. The van der Waals surface area contributed by atoms with Gasteiger partial charge >= 0.3 is 7.67 Å². The van der Waals surface area contributed by atoms with E-state index in [1.54, 1.807) is 0 Å². The van der Waals surface area contributed by atoms with Crippen LogP contribution in [0, 0.1) is 0 Å². The summed E-state index contributed by atoms with van der Waals surface area (Å²) in [5.41, 5.74) is 0. The molecule has 0 radical (unpaired) electrons. The van der Waals surface area contributed by atoms with Gasteiger partial charge < -0.3 is 14.0 Å². The average Bonchev–Trinajstić information content (AvgIpc) is 2.47. The van der Waals surface area contributed by atoms with Gasteiger partial charge in [-0.2, -0.15) is 12.6 Å². The molecule has 0 atom stereocenters. The van der Waals surface area contributed by atoms with Crippen molar-refractivity contribution < 1.29 is 18.6 Å². The average molecular weight is 354 g/mol. The lowest BCUT2D eigenvalue weighted by Gasteiger charge is -2.40. The Balaban J connectivity index is 0.000000422. The summed E-state index contributed by atoms with van der Waals surface area (Å²) in [7, 11) is -2.86. The van der Waals surface area contributed by atoms with Gasteiger partial charge in [-0.05, 0) is 6.92 Å². The van der Waals surface area contributed by atoms with E-state index in [1.807, 2.05) is 16.3 Å². The summed E-state index contributed by atoms with van der Waals surface area (Å²) in [6.07, 6.45) is 0. The molecule has 2 saturated heterocycles. The van der Waals surface area contributed by atoms with Gasteiger partial charge in [-0.1, -0.05) is 20.8 Å². The summed E-state index contributed by atoms with van der Waals surface area (Å²) in [5.74, 6) is 0. The zero-order chi connectivity index (χ0) is 16.6. The molecule has 22 heavy (non-hydrogen) atoms. The third-order valence-electron chi connectivity index (χ3n) is 2.99. The van der Waals surface area contributed by atoms with Crippen molar-refractivity contribution in [1.82, 2.24) is 9.34 Å². The molecule has 2 fully saturated rings. The van der Waals surface area contributed by atoms with E-state index < -0.39 is 7.67 Å². The van der Waals surface area contributed by atoms with E-state index in [0.29, 0.717) is 59.2 Å². The first-order valence-electron chi connectivity index (χ1n) is 7.90. The summed E-state index contributed by atoms with van der Waals surface area (Å²) < 4.78 is 33.3. The van der Waals surface area contributed by atoms with E-state index in [9.17, 15) is 4.57 Å². The van der Waals surface area contributed by atoms with E-state index in [0.717, 1.165) is 0 Å². The molecule has 0 unspecified atom stereocenters. The van der Waals surface area contributed by atoms with E-state index in [-0.39, 0.29) is 4.75 Å². The van der Waals surface area contributed by atoms with Gasteiger partial charge in [0.05, 0.1) is 33.0 Å². The largest absolute Gasteiger partial charge is 0.379 e. The number of ether oxygens (including phenoxy) is 2. The van der Waals surface area contributed by atoms with E-state index in [2.05, 4.69) is 33.4 Å². The Morgan fingerprint density at radius 3 is 1.59 bits per heavy atom. The van der Waals surface area contributed by atoms with E-state index in [4.69, 9.17) is 14.0 Å². The molecule has 0 N–H and O–H groups in total. The number of morpholine rings is 2. The summed E-state index contributed by atoms with van der Waals surface area (Å²) >= 11 is 4.12. The second-order valence-corrected chi connectivity index (χ2v) is 9.92. The minimum absolute atomic E-state index is 0.194. The highest BCUT2D eigenvalue weighted by Crippen LogP contribution is 2.54. The Morgan fingerprint density at radius 2 is 1.32 bits per heavy atom. The van der Waals surface area contributed by atoms with Gasteiger partial charge in [0, 0.05) is 30.9 Å². The van der Waals surface area contributed by atoms with Crippen LogP contribution < -0.4 is 0 Å². The molecule has 6 nitrogen and oxygen atoms in total. The smallest absolute Gasteiger partial charge is 0.346 e. The first-order chi connectivity index (χ1) is 10.3. The lowest BCUT2D eigenvalue weighted by atomic mass is 10.3. The molecule has 2 rings (SSSR count). The first-order valence-corrected chi connectivity index (χ1v) is 9.88. The maximum absolute atomic E-state index is 13.0. The third kappa shape index (κ3) is 7.30. The molecule has 2 heterocycles. The fraction of sp³-hybridized carbons (Fsp3) is 1.00. The van der Waals surface area contributed by atoms with Gasteiger partial charge in [-0.3, -0.25) is 4.57 Å². The zero-order valence-electron chi connectivity index (χ0n) is 14.3. The van der Waals surface area contributed by atoms with Crippen molar-refractivity contribution >= 4 is 20.3 Å². The highest BCUT2D eigenvalue weighted by Gasteiger charge is 2.39. The fourth-order valence-electron chi connectivity index (χ4n) is 2.12. The SMILES string of the molecule is CC(C)(C)S.CCOP(=O)(N1CCOCC1)N1CCOCC1. The highest BCUT2D eigenvalue weighted by molar-refractivity contribution is 7.81. The number of hydrogen-bond acceptors (Lipinski definition) is 5. The normalized spacial score (nSPS) is 22.0. The standard InChI is InChI=1S/C10H21N2O4P.C4H10S/c1-2-16-17(13,11-3-7-14-8-4-11)12-5-9-15-10-6-12;1-4(2,3)5/h2-10H2,1H3;5H,1-3H3. The summed E-state index contributed by atoms with van der Waals surface area (Å²) in [6, 6.07) is 0. The monoisotopic (exact) mass is 354 g/mol. The Morgan fingerprint density at radius 1 is 1.00 bits per heavy atom. The fourth-order valence-corrected chi connectivity index (χ4v) is 4.48. The molecule has 0 aliphatic carbocycles. The molecule has 0 aromatic heterocycles. The molecule has 0 saturated carbocycles. The van der Waals surface area contributed by atoms with Crippen LogP contribution in [0.15, 0.2) is 0 Å². The molecule has 2 aliphatic heterocycles. The summed E-state index contributed by atoms with van der Waals surface area (Å²) in [4.78, 5) is 0. The van der Waals surface area contributed by atoms with E-state index >= 15 is 0 Å². The molecular formula is C14H31N2O4PS. The number of thiol groups is 1. The van der Waals surface area contributed by atoms with Crippen LogP contribution in [0.4, 0.5) is 0 Å². The third-order valence-corrected chi connectivity index (χ3v) is 5.81. The molecule has 8 heteroatoms.